The standard InChI is InChI=1S/C17H25N3O3/c1-12(2)20-11-14(10-16(20)21)19-17(22)18-9-8-13-6-4-5-7-15(13)23-3/h4-7,12,14H,8-11H2,1-3H3,(H2,18,19,22). The van der Waals surface area contributed by atoms with Crippen molar-refractivity contribution >= 4 is 11.9 Å². The van der Waals surface area contributed by atoms with E-state index in [1.165, 1.54) is 0 Å². The fourth-order valence-electron chi connectivity index (χ4n) is 2.78. The Morgan fingerprint density at radius 2 is 2.13 bits per heavy atom. The molecule has 1 saturated heterocycles. The predicted octanol–water partition coefficient (Wildman–Crippen LogP) is 1.55. The molecule has 1 aliphatic rings. The highest BCUT2D eigenvalue weighted by Crippen LogP contribution is 2.17. The average Bonchev–Trinajstić information content (AvgIpc) is 2.88. The van der Waals surface area contributed by atoms with E-state index < -0.39 is 0 Å². The second-order valence-electron chi connectivity index (χ2n) is 6.00. The van der Waals surface area contributed by atoms with Gasteiger partial charge in [0.1, 0.15) is 5.75 Å². The van der Waals surface area contributed by atoms with Gasteiger partial charge in [-0.05, 0) is 31.9 Å². The van der Waals surface area contributed by atoms with Crippen molar-refractivity contribution in [1.29, 1.82) is 0 Å². The molecule has 0 aromatic heterocycles. The smallest absolute Gasteiger partial charge is 0.315 e. The van der Waals surface area contributed by atoms with Crippen LogP contribution in [0.25, 0.3) is 0 Å². The lowest BCUT2D eigenvalue weighted by molar-refractivity contribution is -0.129. The fraction of sp³-hybridized carbons (Fsp3) is 0.529. The van der Waals surface area contributed by atoms with E-state index in [4.69, 9.17) is 4.74 Å². The second kappa shape index (κ2) is 7.85. The van der Waals surface area contributed by atoms with Crippen molar-refractivity contribution < 1.29 is 14.3 Å². The molecule has 0 aliphatic carbocycles. The van der Waals surface area contributed by atoms with E-state index >= 15 is 0 Å². The maximum atomic E-state index is 11.9. The number of carbonyl (C=O) groups is 2. The van der Waals surface area contributed by atoms with Crippen LogP contribution in [0, 0.1) is 0 Å². The third-order valence-electron chi connectivity index (χ3n) is 3.99. The molecule has 1 heterocycles. The van der Waals surface area contributed by atoms with Crippen LogP contribution in [0.15, 0.2) is 24.3 Å². The molecule has 2 rings (SSSR count). The summed E-state index contributed by atoms with van der Waals surface area (Å²) in [5.74, 6) is 0.919. The number of nitrogens with one attached hydrogen (secondary N) is 2. The zero-order valence-electron chi connectivity index (χ0n) is 14.0. The molecule has 1 atom stereocenters. The number of urea groups is 1. The topological polar surface area (TPSA) is 70.7 Å². The summed E-state index contributed by atoms with van der Waals surface area (Å²) in [6, 6.07) is 7.57. The number of benzene rings is 1. The van der Waals surface area contributed by atoms with Gasteiger partial charge in [-0.15, -0.1) is 0 Å². The minimum Gasteiger partial charge on any atom is -0.496 e. The van der Waals surface area contributed by atoms with Crippen LogP contribution in [0.2, 0.25) is 0 Å². The zero-order chi connectivity index (χ0) is 16.8. The molecule has 0 bridgehead atoms. The number of para-hydroxylation sites is 1. The summed E-state index contributed by atoms with van der Waals surface area (Å²) >= 11 is 0. The number of ether oxygens (including phenoxy) is 1. The Bertz CT molecular complexity index is 560. The zero-order valence-corrected chi connectivity index (χ0v) is 14.0. The van der Waals surface area contributed by atoms with Crippen LogP contribution in [-0.2, 0) is 11.2 Å². The monoisotopic (exact) mass is 319 g/mol. The Balaban J connectivity index is 1.75. The number of hydrogen-bond acceptors (Lipinski definition) is 3. The van der Waals surface area contributed by atoms with Gasteiger partial charge in [-0.25, -0.2) is 4.79 Å². The van der Waals surface area contributed by atoms with Crippen molar-refractivity contribution in [2.75, 3.05) is 20.2 Å². The lowest BCUT2D eigenvalue weighted by Crippen LogP contribution is -2.44. The van der Waals surface area contributed by atoms with E-state index in [1.54, 1.807) is 12.0 Å². The molecule has 1 aromatic rings. The summed E-state index contributed by atoms with van der Waals surface area (Å²) < 4.78 is 5.29. The third kappa shape index (κ3) is 4.61. The first-order valence-corrected chi connectivity index (χ1v) is 7.97. The molecule has 0 radical (unpaired) electrons. The van der Waals surface area contributed by atoms with E-state index in [0.29, 0.717) is 25.9 Å². The van der Waals surface area contributed by atoms with Crippen molar-refractivity contribution in [3.8, 4) is 5.75 Å². The minimum atomic E-state index is -0.233. The first-order chi connectivity index (χ1) is 11.0. The van der Waals surface area contributed by atoms with Gasteiger partial charge in [-0.3, -0.25) is 4.79 Å². The Morgan fingerprint density at radius 1 is 1.39 bits per heavy atom. The Hall–Kier alpha value is -2.24. The number of methoxy groups -OCH3 is 1. The quantitative estimate of drug-likeness (QED) is 0.836. The van der Waals surface area contributed by atoms with Crippen LogP contribution in [0.5, 0.6) is 5.75 Å². The number of nitrogens with zero attached hydrogens (tertiary/aromatic N) is 1. The van der Waals surface area contributed by atoms with Crippen molar-refractivity contribution in [2.24, 2.45) is 0 Å². The fourth-order valence-corrected chi connectivity index (χ4v) is 2.78. The van der Waals surface area contributed by atoms with E-state index in [9.17, 15) is 9.59 Å². The molecular weight excluding hydrogens is 294 g/mol. The normalized spacial score (nSPS) is 17.5. The summed E-state index contributed by atoms with van der Waals surface area (Å²) in [7, 11) is 1.64. The summed E-state index contributed by atoms with van der Waals surface area (Å²) in [5.41, 5.74) is 1.05. The number of carbonyl (C=O) groups excluding carboxylic acids is 2. The maximum Gasteiger partial charge on any atom is 0.315 e. The van der Waals surface area contributed by atoms with E-state index in [-0.39, 0.29) is 24.0 Å². The largest absolute Gasteiger partial charge is 0.496 e. The van der Waals surface area contributed by atoms with E-state index in [0.717, 1.165) is 11.3 Å². The summed E-state index contributed by atoms with van der Waals surface area (Å²) in [6.45, 7) is 5.05. The van der Waals surface area contributed by atoms with Gasteiger partial charge in [0.15, 0.2) is 0 Å². The lowest BCUT2D eigenvalue weighted by Gasteiger charge is -2.21. The van der Waals surface area contributed by atoms with Crippen LogP contribution < -0.4 is 15.4 Å². The number of hydrogen-bond donors (Lipinski definition) is 2. The summed E-state index contributed by atoms with van der Waals surface area (Å²) in [5, 5.41) is 5.70. The van der Waals surface area contributed by atoms with Gasteiger partial charge in [0.05, 0.1) is 13.2 Å². The van der Waals surface area contributed by atoms with Gasteiger partial charge < -0.3 is 20.3 Å². The third-order valence-corrected chi connectivity index (χ3v) is 3.99. The molecule has 1 aromatic carbocycles. The molecule has 23 heavy (non-hydrogen) atoms. The SMILES string of the molecule is COc1ccccc1CCNC(=O)NC1CC(=O)N(C(C)C)C1. The van der Waals surface area contributed by atoms with Crippen molar-refractivity contribution in [1.82, 2.24) is 15.5 Å². The van der Waals surface area contributed by atoms with Gasteiger partial charge in [0.2, 0.25) is 5.91 Å². The van der Waals surface area contributed by atoms with Gasteiger partial charge >= 0.3 is 6.03 Å². The molecule has 126 valence electrons. The van der Waals surface area contributed by atoms with Crippen LogP contribution in [0.4, 0.5) is 4.79 Å². The molecule has 6 nitrogen and oxygen atoms in total. The Labute approximate surface area is 137 Å². The second-order valence-corrected chi connectivity index (χ2v) is 6.00. The molecular formula is C17H25N3O3. The van der Waals surface area contributed by atoms with Crippen LogP contribution >= 0.6 is 0 Å². The average molecular weight is 319 g/mol. The van der Waals surface area contributed by atoms with Gasteiger partial charge in [0.25, 0.3) is 0 Å². The summed E-state index contributed by atoms with van der Waals surface area (Å²) in [4.78, 5) is 25.6. The molecule has 3 amide bonds. The molecule has 0 saturated carbocycles. The van der Waals surface area contributed by atoms with E-state index in [2.05, 4.69) is 10.6 Å². The molecule has 6 heteroatoms. The minimum absolute atomic E-state index is 0.0966. The Kier molecular flexibility index (Phi) is 5.84. The highest BCUT2D eigenvalue weighted by Gasteiger charge is 2.31. The molecule has 2 N–H and O–H groups in total. The highest BCUT2D eigenvalue weighted by molar-refractivity contribution is 5.81. The molecule has 1 unspecified atom stereocenters. The van der Waals surface area contributed by atoms with Crippen LogP contribution in [0.3, 0.4) is 0 Å². The molecule has 1 fully saturated rings. The predicted molar refractivity (Wildman–Crippen MR) is 88.5 cm³/mol. The first-order valence-electron chi connectivity index (χ1n) is 7.97. The van der Waals surface area contributed by atoms with Crippen molar-refractivity contribution in [2.45, 2.75) is 38.8 Å². The van der Waals surface area contributed by atoms with Crippen molar-refractivity contribution in [3.05, 3.63) is 29.8 Å². The van der Waals surface area contributed by atoms with Crippen LogP contribution in [-0.4, -0.2) is 49.1 Å². The molecule has 1 aliphatic heterocycles. The maximum absolute atomic E-state index is 11.9. The Morgan fingerprint density at radius 3 is 2.78 bits per heavy atom. The lowest BCUT2D eigenvalue weighted by atomic mass is 10.1. The van der Waals surface area contributed by atoms with Crippen LogP contribution in [0.1, 0.15) is 25.8 Å². The van der Waals surface area contributed by atoms with Gasteiger partial charge in [0, 0.05) is 25.6 Å². The number of rotatable bonds is 6. The van der Waals surface area contributed by atoms with Crippen molar-refractivity contribution in [3.63, 3.8) is 0 Å². The first kappa shape index (κ1) is 17.1. The van der Waals surface area contributed by atoms with E-state index in [1.807, 2.05) is 38.1 Å². The van der Waals surface area contributed by atoms with Gasteiger partial charge in [-0.1, -0.05) is 18.2 Å². The number of amides is 3. The van der Waals surface area contributed by atoms with Gasteiger partial charge in [-0.2, -0.15) is 0 Å². The summed E-state index contributed by atoms with van der Waals surface area (Å²) in [6.07, 6.45) is 1.07. The molecule has 0 spiro atoms. The number of likely N-dealkylation sites (tertiary alicyclic amines) is 1. The highest BCUT2D eigenvalue weighted by atomic mass is 16.5.